The molecule has 0 bridgehead atoms. The lowest BCUT2D eigenvalue weighted by atomic mass is 9.65. The Bertz CT molecular complexity index is 2880. The highest BCUT2D eigenvalue weighted by atomic mass is 16.6. The third-order valence-corrected chi connectivity index (χ3v) is 12.1. The second-order valence-corrected chi connectivity index (χ2v) is 14.5. The lowest BCUT2D eigenvalue weighted by Gasteiger charge is -2.38. The van der Waals surface area contributed by atoms with Crippen molar-refractivity contribution in [3.05, 3.63) is 158 Å². The van der Waals surface area contributed by atoms with Crippen LogP contribution in [0.1, 0.15) is 79.8 Å². The van der Waals surface area contributed by atoms with Gasteiger partial charge in [-0.3, -0.25) is 4.79 Å². The number of carbonyl (C=O) groups excluding carboxylic acids is 4. The van der Waals surface area contributed by atoms with Gasteiger partial charge in [-0.15, -0.1) is 0 Å². The van der Waals surface area contributed by atoms with Crippen LogP contribution in [0.3, 0.4) is 0 Å². The predicted octanol–water partition coefficient (Wildman–Crippen LogP) is 9.20. The number of hydrogen-bond donors (Lipinski definition) is 0. The van der Waals surface area contributed by atoms with Gasteiger partial charge in [0.15, 0.2) is 0 Å². The molecule has 5 aromatic carbocycles. The molecular weight excluding hydrogens is 673 g/mol. The van der Waals surface area contributed by atoms with E-state index in [0.717, 1.165) is 32.5 Å². The molecule has 0 saturated carbocycles. The lowest BCUT2D eigenvalue weighted by Crippen LogP contribution is -2.40. The zero-order valence-corrected chi connectivity index (χ0v) is 30.2. The van der Waals surface area contributed by atoms with Gasteiger partial charge in [-0.05, 0) is 103 Å². The molecule has 0 spiro atoms. The molecule has 0 aromatic heterocycles. The summed E-state index contributed by atoms with van der Waals surface area (Å²) in [6, 6.07) is 16.3. The number of fused-ring (bicyclic) bond motifs is 4. The molecule has 0 N–H and O–H groups in total. The Morgan fingerprint density at radius 3 is 2.04 bits per heavy atom. The number of aryl methyl sites for hydroxylation is 2. The van der Waals surface area contributed by atoms with Gasteiger partial charge in [0.2, 0.25) is 0 Å². The highest BCUT2D eigenvalue weighted by Gasteiger charge is 2.46. The third kappa shape index (κ3) is 4.16. The molecule has 7 aliphatic rings. The summed E-state index contributed by atoms with van der Waals surface area (Å²) in [5.74, 6) is -2.45. The normalized spacial score (nSPS) is 22.8. The van der Waals surface area contributed by atoms with Crippen molar-refractivity contribution in [2.45, 2.75) is 39.5 Å². The molecule has 1 fully saturated rings. The van der Waals surface area contributed by atoms with Crippen molar-refractivity contribution < 1.29 is 28.7 Å². The smallest absolute Gasteiger partial charge is 0.346 e. The maximum Gasteiger partial charge on any atom is 0.346 e. The molecule has 6 heteroatoms. The van der Waals surface area contributed by atoms with Gasteiger partial charge < -0.3 is 9.47 Å². The van der Waals surface area contributed by atoms with Crippen molar-refractivity contribution in [3.63, 3.8) is 0 Å². The number of ether oxygens (including phenoxy) is 2. The number of benzene rings is 5. The van der Waals surface area contributed by atoms with Gasteiger partial charge in [0, 0.05) is 28.7 Å². The molecule has 0 radical (unpaired) electrons. The topological polar surface area (TPSA) is 86.7 Å². The summed E-state index contributed by atoms with van der Waals surface area (Å²) < 4.78 is 9.81. The van der Waals surface area contributed by atoms with Crippen LogP contribution >= 0.6 is 0 Å². The van der Waals surface area contributed by atoms with Crippen LogP contribution < -0.4 is 5.22 Å². The fraction of sp³-hybridized carbons (Fsp3) is 0.167. The summed E-state index contributed by atoms with van der Waals surface area (Å²) in [7, 11) is 0. The van der Waals surface area contributed by atoms with Crippen molar-refractivity contribution >= 4 is 73.9 Å². The first-order valence-electron chi connectivity index (χ1n) is 18.6. The second kappa shape index (κ2) is 11.5. The van der Waals surface area contributed by atoms with Crippen LogP contribution in [-0.4, -0.2) is 23.9 Å². The first-order valence-corrected chi connectivity index (χ1v) is 18.6. The summed E-state index contributed by atoms with van der Waals surface area (Å²) in [4.78, 5) is 49.4. The average molecular weight is 707 g/mol. The Labute approximate surface area is 311 Å². The van der Waals surface area contributed by atoms with Gasteiger partial charge in [-0.1, -0.05) is 111 Å². The number of esters is 4. The minimum atomic E-state index is -0.657. The van der Waals surface area contributed by atoms with E-state index in [4.69, 9.17) is 9.47 Å². The Morgan fingerprint density at radius 1 is 0.537 bits per heavy atom. The van der Waals surface area contributed by atoms with E-state index in [1.807, 2.05) is 38.1 Å². The molecule has 6 nitrogen and oxygen atoms in total. The molecule has 4 unspecified atom stereocenters. The molecular formula is C48H34O6. The van der Waals surface area contributed by atoms with Crippen molar-refractivity contribution in [2.75, 3.05) is 0 Å². The SMILES string of the molecule is CC.Cc1ccc2c3c(ccc(C)c13)C1C=CC=C3C=CC=C2C31.O=C1OC(=O)C2C=Cc3c4c(c5ccc6c7c(ccc3c75)C(=O)OC6=O)=CC=C1C42. The molecule has 12 rings (SSSR count). The van der Waals surface area contributed by atoms with Gasteiger partial charge >= 0.3 is 23.9 Å². The van der Waals surface area contributed by atoms with Gasteiger partial charge in [-0.25, -0.2) is 14.4 Å². The van der Waals surface area contributed by atoms with E-state index in [9.17, 15) is 19.2 Å². The molecule has 1 saturated heterocycles. The number of cyclic esters (lactones) is 4. The molecule has 2 heterocycles. The number of carbonyl (C=O) groups is 4. The molecule has 4 atom stereocenters. The number of hydrogen-bond acceptors (Lipinski definition) is 6. The van der Waals surface area contributed by atoms with Gasteiger partial charge in [0.05, 0.1) is 17.0 Å². The van der Waals surface area contributed by atoms with Crippen LogP contribution in [0.5, 0.6) is 0 Å². The fourth-order valence-corrected chi connectivity index (χ4v) is 9.91. The number of allylic oxidation sites excluding steroid dienone is 9. The van der Waals surface area contributed by atoms with Crippen molar-refractivity contribution in [1.29, 1.82) is 0 Å². The Morgan fingerprint density at radius 2 is 1.26 bits per heavy atom. The van der Waals surface area contributed by atoms with E-state index in [0.29, 0.717) is 33.9 Å². The Balaban J connectivity index is 0.000000134. The third-order valence-electron chi connectivity index (χ3n) is 12.1. The fourth-order valence-electron chi connectivity index (χ4n) is 9.91. The quantitative estimate of drug-likeness (QED) is 0.118. The van der Waals surface area contributed by atoms with Crippen LogP contribution in [0.2, 0.25) is 0 Å². The zero-order valence-electron chi connectivity index (χ0n) is 30.2. The minimum Gasteiger partial charge on any atom is -0.389 e. The highest BCUT2D eigenvalue weighted by Crippen LogP contribution is 2.53. The maximum atomic E-state index is 12.4. The van der Waals surface area contributed by atoms with Crippen LogP contribution in [-0.2, 0) is 19.1 Å². The zero-order chi connectivity index (χ0) is 37.2. The Hall–Kier alpha value is -6.40. The van der Waals surface area contributed by atoms with E-state index >= 15 is 0 Å². The first-order chi connectivity index (χ1) is 26.3. The maximum absolute atomic E-state index is 12.4. The van der Waals surface area contributed by atoms with E-state index in [1.165, 1.54) is 44.2 Å². The van der Waals surface area contributed by atoms with Gasteiger partial charge in [-0.2, -0.15) is 0 Å². The Kier molecular flexibility index (Phi) is 6.90. The van der Waals surface area contributed by atoms with Crippen molar-refractivity contribution in [2.24, 2.45) is 11.8 Å². The molecule has 5 aromatic rings. The first kappa shape index (κ1) is 32.3. The molecule has 0 amide bonds. The van der Waals surface area contributed by atoms with Crippen LogP contribution in [0, 0.1) is 25.7 Å². The molecule has 262 valence electrons. The molecule has 2 aliphatic heterocycles. The monoisotopic (exact) mass is 706 g/mol. The standard InChI is InChI=1S/C24H10O6.C22H18.C2H6/c25-21-13-5-1-9-10-2-6-15-20-16(24(28)30-23(15)27)8-4-12(18(10)20)11-3-7-14(22(26)29-21)19(13)17(9)11;1-13-9-11-18-16-7-3-5-15-6-4-8-17(21(15)16)19-12-10-14(2)20(13)22(18)19;1-2/h1-8,13,19H;3-12,16,21H,1-2H3;1-2H3. The van der Waals surface area contributed by atoms with Gasteiger partial charge in [0.1, 0.15) is 0 Å². The summed E-state index contributed by atoms with van der Waals surface area (Å²) in [6.45, 7) is 8.47. The lowest BCUT2D eigenvalue weighted by molar-refractivity contribution is -0.162. The van der Waals surface area contributed by atoms with Crippen molar-refractivity contribution in [1.82, 2.24) is 0 Å². The second-order valence-electron chi connectivity index (χ2n) is 14.5. The van der Waals surface area contributed by atoms with Crippen molar-refractivity contribution in [3.8, 4) is 0 Å². The molecule has 5 aliphatic carbocycles. The summed E-state index contributed by atoms with van der Waals surface area (Å²) in [5, 5.41) is 6.94. The number of rotatable bonds is 0. The van der Waals surface area contributed by atoms with E-state index in [-0.39, 0.29) is 0 Å². The average Bonchev–Trinajstić information content (AvgIpc) is 3.19. The van der Waals surface area contributed by atoms with E-state index in [2.05, 4.69) is 74.6 Å². The largest absolute Gasteiger partial charge is 0.389 e. The highest BCUT2D eigenvalue weighted by molar-refractivity contribution is 6.28. The molecule has 54 heavy (non-hydrogen) atoms. The van der Waals surface area contributed by atoms with Crippen LogP contribution in [0.15, 0.2) is 108 Å². The predicted molar refractivity (Wildman–Crippen MR) is 211 cm³/mol. The minimum absolute atomic E-state index is 0.357. The van der Waals surface area contributed by atoms with Crippen LogP contribution in [0.4, 0.5) is 0 Å². The van der Waals surface area contributed by atoms with E-state index < -0.39 is 35.7 Å². The summed E-state index contributed by atoms with van der Waals surface area (Å²) >= 11 is 0. The summed E-state index contributed by atoms with van der Waals surface area (Å²) in [5.41, 5.74) is 11.6. The summed E-state index contributed by atoms with van der Waals surface area (Å²) in [6.07, 6.45) is 20.9. The van der Waals surface area contributed by atoms with Crippen LogP contribution in [0.25, 0.3) is 50.0 Å². The van der Waals surface area contributed by atoms with Gasteiger partial charge in [0.25, 0.3) is 0 Å². The van der Waals surface area contributed by atoms with E-state index in [1.54, 1.807) is 24.3 Å².